The molecule has 1 heterocycles. The van der Waals surface area contributed by atoms with Crippen molar-refractivity contribution in [2.24, 2.45) is 5.73 Å². The second kappa shape index (κ2) is 7.07. The SMILES string of the molecule is NCCCCc1c(-c2ccc(F)cc2F)[nH]c2c(C(F)(F)F)cccc12. The fourth-order valence-electron chi connectivity index (χ4n) is 3.14. The Morgan fingerprint density at radius 1 is 1.00 bits per heavy atom. The predicted molar refractivity (Wildman–Crippen MR) is 90.6 cm³/mol. The molecule has 2 nitrogen and oxygen atoms in total. The van der Waals surface area contributed by atoms with Gasteiger partial charge in [0.2, 0.25) is 0 Å². The van der Waals surface area contributed by atoms with Gasteiger partial charge in [-0.05, 0) is 49.6 Å². The molecule has 3 N–H and O–H groups in total. The van der Waals surface area contributed by atoms with E-state index in [1.165, 1.54) is 12.1 Å². The monoisotopic (exact) mass is 368 g/mol. The number of aromatic amines is 1. The molecule has 26 heavy (non-hydrogen) atoms. The van der Waals surface area contributed by atoms with Crippen molar-refractivity contribution < 1.29 is 22.0 Å². The maximum absolute atomic E-state index is 14.3. The van der Waals surface area contributed by atoms with Gasteiger partial charge in [0.25, 0.3) is 0 Å². The molecule has 0 saturated heterocycles. The van der Waals surface area contributed by atoms with Crippen LogP contribution in [-0.2, 0) is 12.6 Å². The van der Waals surface area contributed by atoms with Crippen molar-refractivity contribution in [3.8, 4) is 11.3 Å². The highest BCUT2D eigenvalue weighted by atomic mass is 19.4. The number of aromatic nitrogens is 1. The van der Waals surface area contributed by atoms with Gasteiger partial charge in [-0.15, -0.1) is 0 Å². The Balaban J connectivity index is 2.24. The predicted octanol–water partition coefficient (Wildman–Crippen LogP) is 5.41. The fourth-order valence-corrected chi connectivity index (χ4v) is 3.14. The van der Waals surface area contributed by atoms with Crippen LogP contribution in [0.25, 0.3) is 22.2 Å². The normalized spacial score (nSPS) is 12.1. The number of unbranched alkanes of at least 4 members (excludes halogenated alkanes) is 1. The van der Waals surface area contributed by atoms with E-state index in [9.17, 15) is 22.0 Å². The van der Waals surface area contributed by atoms with Crippen LogP contribution in [0.15, 0.2) is 36.4 Å². The summed E-state index contributed by atoms with van der Waals surface area (Å²) in [6, 6.07) is 6.91. The zero-order chi connectivity index (χ0) is 18.9. The summed E-state index contributed by atoms with van der Waals surface area (Å²) in [5.41, 5.74) is 5.44. The molecule has 0 spiro atoms. The summed E-state index contributed by atoms with van der Waals surface area (Å²) < 4.78 is 67.5. The minimum atomic E-state index is -4.54. The highest BCUT2D eigenvalue weighted by Crippen LogP contribution is 2.39. The quantitative estimate of drug-likeness (QED) is 0.459. The molecule has 138 valence electrons. The zero-order valence-electron chi connectivity index (χ0n) is 13.8. The molecule has 0 aliphatic carbocycles. The largest absolute Gasteiger partial charge is 0.418 e. The van der Waals surface area contributed by atoms with Crippen LogP contribution in [0.2, 0.25) is 0 Å². The summed E-state index contributed by atoms with van der Waals surface area (Å²) in [4.78, 5) is 2.73. The van der Waals surface area contributed by atoms with E-state index in [1.54, 1.807) is 6.07 Å². The summed E-state index contributed by atoms with van der Waals surface area (Å²) in [6.45, 7) is 0.455. The Kier molecular flexibility index (Phi) is 5.00. The number of fused-ring (bicyclic) bond motifs is 1. The smallest absolute Gasteiger partial charge is 0.354 e. The van der Waals surface area contributed by atoms with Gasteiger partial charge in [-0.1, -0.05) is 12.1 Å². The van der Waals surface area contributed by atoms with Crippen molar-refractivity contribution in [3.05, 3.63) is 59.2 Å². The third-order valence-electron chi connectivity index (χ3n) is 4.33. The van der Waals surface area contributed by atoms with Gasteiger partial charge >= 0.3 is 6.18 Å². The first-order valence-electron chi connectivity index (χ1n) is 8.19. The van der Waals surface area contributed by atoms with Crippen LogP contribution in [0.4, 0.5) is 22.0 Å². The van der Waals surface area contributed by atoms with Crippen molar-refractivity contribution in [2.45, 2.75) is 25.4 Å². The molecule has 3 aromatic rings. The van der Waals surface area contributed by atoms with E-state index in [4.69, 9.17) is 5.73 Å². The lowest BCUT2D eigenvalue weighted by atomic mass is 9.99. The first kappa shape index (κ1) is 18.4. The Morgan fingerprint density at radius 2 is 1.77 bits per heavy atom. The van der Waals surface area contributed by atoms with Gasteiger partial charge in [0, 0.05) is 17.0 Å². The second-order valence-corrected chi connectivity index (χ2v) is 6.07. The second-order valence-electron chi connectivity index (χ2n) is 6.07. The van der Waals surface area contributed by atoms with Crippen molar-refractivity contribution in [2.75, 3.05) is 6.54 Å². The van der Waals surface area contributed by atoms with Gasteiger partial charge in [-0.2, -0.15) is 13.2 Å². The number of alkyl halides is 3. The molecule has 0 saturated carbocycles. The van der Waals surface area contributed by atoms with Crippen molar-refractivity contribution in [1.29, 1.82) is 0 Å². The lowest BCUT2D eigenvalue weighted by molar-refractivity contribution is -0.136. The molecule has 3 rings (SSSR count). The lowest BCUT2D eigenvalue weighted by Crippen LogP contribution is -2.05. The molecule has 0 unspecified atom stereocenters. The van der Waals surface area contributed by atoms with Gasteiger partial charge in [0.15, 0.2) is 0 Å². The highest BCUT2D eigenvalue weighted by Gasteiger charge is 2.34. The molecular weight excluding hydrogens is 351 g/mol. The van der Waals surface area contributed by atoms with E-state index in [0.29, 0.717) is 36.8 Å². The topological polar surface area (TPSA) is 41.8 Å². The van der Waals surface area contributed by atoms with Crippen molar-refractivity contribution >= 4 is 10.9 Å². The van der Waals surface area contributed by atoms with Gasteiger partial charge in [0.05, 0.1) is 16.8 Å². The molecule has 1 aromatic heterocycles. The van der Waals surface area contributed by atoms with Gasteiger partial charge in [-0.25, -0.2) is 8.78 Å². The Morgan fingerprint density at radius 3 is 2.42 bits per heavy atom. The standard InChI is InChI=1S/C19H17F5N2/c20-11-7-8-14(16(21)10-11)17-12(4-1-2-9-25)13-5-3-6-15(18(13)26-17)19(22,23)24/h3,5-8,10,26H,1-2,4,9,25H2. The van der Waals surface area contributed by atoms with E-state index in [1.807, 2.05) is 0 Å². The van der Waals surface area contributed by atoms with E-state index in [2.05, 4.69) is 4.98 Å². The Hall–Kier alpha value is -2.41. The third-order valence-corrected chi connectivity index (χ3v) is 4.33. The number of aryl methyl sites for hydroxylation is 1. The number of rotatable bonds is 5. The lowest BCUT2D eigenvalue weighted by Gasteiger charge is -2.07. The van der Waals surface area contributed by atoms with Crippen LogP contribution >= 0.6 is 0 Å². The summed E-state index contributed by atoms with van der Waals surface area (Å²) >= 11 is 0. The van der Waals surface area contributed by atoms with Crippen LogP contribution in [0.1, 0.15) is 24.0 Å². The van der Waals surface area contributed by atoms with Crippen LogP contribution in [0.3, 0.4) is 0 Å². The van der Waals surface area contributed by atoms with Crippen LogP contribution in [0, 0.1) is 11.6 Å². The van der Waals surface area contributed by atoms with Gasteiger partial charge in [-0.3, -0.25) is 0 Å². The van der Waals surface area contributed by atoms with Gasteiger partial charge in [0.1, 0.15) is 11.6 Å². The van der Waals surface area contributed by atoms with Crippen LogP contribution < -0.4 is 5.73 Å². The number of hydrogen-bond acceptors (Lipinski definition) is 1. The molecule has 0 bridgehead atoms. The minimum absolute atomic E-state index is 0.0403. The number of halogens is 5. The fraction of sp³-hybridized carbons (Fsp3) is 0.263. The molecule has 0 atom stereocenters. The molecule has 7 heteroatoms. The van der Waals surface area contributed by atoms with E-state index >= 15 is 0 Å². The Bertz CT molecular complexity index is 928. The average molecular weight is 368 g/mol. The van der Waals surface area contributed by atoms with E-state index < -0.39 is 23.4 Å². The molecule has 2 aromatic carbocycles. The van der Waals surface area contributed by atoms with E-state index in [-0.39, 0.29) is 16.8 Å². The molecule has 0 aliphatic rings. The molecule has 0 amide bonds. The molecular formula is C19H17F5N2. The number of H-pyrrole nitrogens is 1. The molecule has 0 aliphatic heterocycles. The highest BCUT2D eigenvalue weighted by molar-refractivity contribution is 5.93. The van der Waals surface area contributed by atoms with Crippen LogP contribution in [0.5, 0.6) is 0 Å². The summed E-state index contributed by atoms with van der Waals surface area (Å²) in [7, 11) is 0. The molecule has 0 radical (unpaired) electrons. The maximum Gasteiger partial charge on any atom is 0.418 e. The van der Waals surface area contributed by atoms with E-state index in [0.717, 1.165) is 18.2 Å². The summed E-state index contributed by atoms with van der Waals surface area (Å²) in [6.07, 6.45) is -2.77. The van der Waals surface area contributed by atoms with Crippen LogP contribution in [-0.4, -0.2) is 11.5 Å². The summed E-state index contributed by atoms with van der Waals surface area (Å²) in [5, 5.41) is 0.385. The molecule has 0 fully saturated rings. The number of benzene rings is 2. The first-order valence-corrected chi connectivity index (χ1v) is 8.19. The summed E-state index contributed by atoms with van der Waals surface area (Å²) in [5.74, 6) is -1.58. The Labute approximate surface area is 146 Å². The number of para-hydroxylation sites is 1. The number of nitrogens with one attached hydrogen (secondary N) is 1. The number of hydrogen-bond donors (Lipinski definition) is 2. The number of nitrogens with two attached hydrogens (primary N) is 1. The third kappa shape index (κ3) is 3.44. The van der Waals surface area contributed by atoms with Crippen molar-refractivity contribution in [1.82, 2.24) is 4.98 Å². The zero-order valence-corrected chi connectivity index (χ0v) is 13.8. The first-order chi connectivity index (χ1) is 12.3. The average Bonchev–Trinajstić information content (AvgIpc) is 2.92. The van der Waals surface area contributed by atoms with Gasteiger partial charge < -0.3 is 10.7 Å². The minimum Gasteiger partial charge on any atom is -0.354 e. The van der Waals surface area contributed by atoms with Crippen molar-refractivity contribution in [3.63, 3.8) is 0 Å². The maximum atomic E-state index is 14.3.